The van der Waals surface area contributed by atoms with Gasteiger partial charge in [-0.05, 0) is 37.3 Å². The summed E-state index contributed by atoms with van der Waals surface area (Å²) in [6.07, 6.45) is 4.32. The Labute approximate surface area is 200 Å². The lowest BCUT2D eigenvalue weighted by Crippen LogP contribution is -2.47. The number of nitrogens with one attached hydrogen (secondary N) is 2. The number of thioether (sulfide) groups is 1. The van der Waals surface area contributed by atoms with Gasteiger partial charge >= 0.3 is 0 Å². The molecule has 1 aromatic rings. The van der Waals surface area contributed by atoms with E-state index in [0.717, 1.165) is 55.4 Å². The van der Waals surface area contributed by atoms with E-state index in [-0.39, 0.29) is 24.0 Å². The van der Waals surface area contributed by atoms with Gasteiger partial charge in [0, 0.05) is 52.1 Å². The Morgan fingerprint density at radius 2 is 2.14 bits per heavy atom. The summed E-state index contributed by atoms with van der Waals surface area (Å²) in [5.41, 5.74) is 0. The van der Waals surface area contributed by atoms with Gasteiger partial charge in [-0.3, -0.25) is 9.20 Å². The molecule has 1 aliphatic carbocycles. The number of aliphatic imine (C=N–C) groups is 1. The molecule has 1 aromatic carbocycles. The number of hydrogen-bond donors (Lipinski definition) is 2. The van der Waals surface area contributed by atoms with Crippen LogP contribution in [0, 0.1) is 5.92 Å². The Balaban J connectivity index is 0.00000420. The van der Waals surface area contributed by atoms with Crippen molar-refractivity contribution in [3.8, 4) is 5.75 Å². The number of para-hydroxylation sites is 1. The number of halogens is 1. The Morgan fingerprint density at radius 3 is 2.83 bits per heavy atom. The van der Waals surface area contributed by atoms with Crippen molar-refractivity contribution in [2.75, 3.05) is 32.2 Å². The van der Waals surface area contributed by atoms with Crippen molar-refractivity contribution in [3.63, 3.8) is 0 Å². The Bertz CT molecular complexity index is 661. The summed E-state index contributed by atoms with van der Waals surface area (Å²) in [5, 5.41) is 7.32. The summed E-state index contributed by atoms with van der Waals surface area (Å²) < 4.78 is 17.6. The van der Waals surface area contributed by atoms with Crippen LogP contribution in [0.15, 0.2) is 34.2 Å². The zero-order chi connectivity index (χ0) is 20.4. The minimum Gasteiger partial charge on any atom is -0.496 e. The van der Waals surface area contributed by atoms with Gasteiger partial charge in [-0.2, -0.15) is 0 Å². The predicted octanol–water partition coefficient (Wildman–Crippen LogP) is 4.29. The molecular formula is C21H36IN3O2S2. The molecule has 5 nitrogen and oxygen atoms in total. The third-order valence-corrected chi connectivity index (χ3v) is 8.18. The van der Waals surface area contributed by atoms with Gasteiger partial charge in [-0.15, -0.1) is 35.7 Å². The second kappa shape index (κ2) is 14.5. The summed E-state index contributed by atoms with van der Waals surface area (Å²) in [6.45, 7) is 5.11. The first-order valence-corrected chi connectivity index (χ1v) is 12.5. The van der Waals surface area contributed by atoms with E-state index in [1.807, 2.05) is 43.9 Å². The third kappa shape index (κ3) is 9.04. The molecule has 1 saturated carbocycles. The summed E-state index contributed by atoms with van der Waals surface area (Å²) in [6, 6.07) is 8.50. The first-order chi connectivity index (χ1) is 13.6. The summed E-state index contributed by atoms with van der Waals surface area (Å²) in [5.74, 6) is 4.03. The minimum atomic E-state index is -0.699. The molecule has 0 heterocycles. The molecule has 0 radical (unpaired) electrons. The number of benzene rings is 1. The van der Waals surface area contributed by atoms with Crippen LogP contribution >= 0.6 is 35.7 Å². The molecule has 1 fully saturated rings. The standard InChI is InChI=1S/C21H35N3O2S2.HI/c1-5-28(25)18-10-8-9-17(13-18)24-21(22-3)23-14-16(2)15-27-20-12-7-6-11-19(20)26-4;/h6-7,11-12,16-18H,5,8-10,13-15H2,1-4H3,(H2,22,23,24);1H. The SMILES string of the molecule is CCS(=O)C1CCCC(NC(=NC)NCC(C)CSc2ccccc2OC)C1.I. The fourth-order valence-electron chi connectivity index (χ4n) is 3.44. The van der Waals surface area contributed by atoms with E-state index in [1.165, 1.54) is 4.90 Å². The maximum Gasteiger partial charge on any atom is 0.191 e. The van der Waals surface area contributed by atoms with Crippen LogP contribution < -0.4 is 15.4 Å². The van der Waals surface area contributed by atoms with Crippen molar-refractivity contribution >= 4 is 52.5 Å². The van der Waals surface area contributed by atoms with Crippen LogP contribution in [0.1, 0.15) is 39.5 Å². The largest absolute Gasteiger partial charge is 0.496 e. The number of rotatable bonds is 9. The van der Waals surface area contributed by atoms with Gasteiger partial charge < -0.3 is 15.4 Å². The molecule has 8 heteroatoms. The van der Waals surface area contributed by atoms with Crippen molar-refractivity contribution in [3.05, 3.63) is 24.3 Å². The van der Waals surface area contributed by atoms with Crippen LogP contribution in [-0.2, 0) is 10.8 Å². The van der Waals surface area contributed by atoms with Gasteiger partial charge in [0.25, 0.3) is 0 Å². The topological polar surface area (TPSA) is 62.7 Å². The zero-order valence-corrected chi connectivity index (χ0v) is 21.9. The molecule has 0 bridgehead atoms. The smallest absolute Gasteiger partial charge is 0.191 e. The molecule has 4 unspecified atom stereocenters. The minimum absolute atomic E-state index is 0. The van der Waals surface area contributed by atoms with E-state index in [1.54, 1.807) is 7.11 Å². The number of ether oxygens (including phenoxy) is 1. The molecule has 2 rings (SSSR count). The van der Waals surface area contributed by atoms with Gasteiger partial charge in [0.1, 0.15) is 5.75 Å². The van der Waals surface area contributed by atoms with Crippen LogP contribution in [0.2, 0.25) is 0 Å². The lowest BCUT2D eigenvalue weighted by Gasteiger charge is -2.30. The Hall–Kier alpha value is -0.480. The first kappa shape index (κ1) is 26.6. The van der Waals surface area contributed by atoms with Crippen LogP contribution in [0.3, 0.4) is 0 Å². The zero-order valence-electron chi connectivity index (χ0n) is 18.0. The molecule has 0 saturated heterocycles. The Morgan fingerprint density at radius 1 is 1.38 bits per heavy atom. The van der Waals surface area contributed by atoms with Crippen molar-refractivity contribution in [2.45, 2.75) is 55.7 Å². The highest BCUT2D eigenvalue weighted by Gasteiger charge is 2.26. The molecule has 0 aromatic heterocycles. The maximum absolute atomic E-state index is 12.1. The van der Waals surface area contributed by atoms with E-state index >= 15 is 0 Å². The summed E-state index contributed by atoms with van der Waals surface area (Å²) in [7, 11) is 2.83. The average Bonchev–Trinajstić information content (AvgIpc) is 2.74. The molecular weight excluding hydrogens is 517 g/mol. The normalized spacial score (nSPS) is 21.6. The van der Waals surface area contributed by atoms with Crippen LogP contribution in [0.25, 0.3) is 0 Å². The molecule has 1 aliphatic rings. The number of methoxy groups -OCH3 is 1. The predicted molar refractivity (Wildman–Crippen MR) is 138 cm³/mol. The summed E-state index contributed by atoms with van der Waals surface area (Å²) in [4.78, 5) is 5.56. The third-order valence-electron chi connectivity index (χ3n) is 5.06. The highest BCUT2D eigenvalue weighted by Crippen LogP contribution is 2.29. The maximum atomic E-state index is 12.1. The van der Waals surface area contributed by atoms with Crippen molar-refractivity contribution < 1.29 is 8.95 Å². The first-order valence-electron chi connectivity index (χ1n) is 10.2. The number of guanidine groups is 1. The van der Waals surface area contributed by atoms with Crippen molar-refractivity contribution in [1.82, 2.24) is 10.6 Å². The monoisotopic (exact) mass is 553 g/mol. The molecule has 2 N–H and O–H groups in total. The van der Waals surface area contributed by atoms with Crippen LogP contribution in [0.4, 0.5) is 0 Å². The van der Waals surface area contributed by atoms with Gasteiger partial charge in [-0.1, -0.05) is 32.4 Å². The average molecular weight is 554 g/mol. The van der Waals surface area contributed by atoms with Gasteiger partial charge in [0.05, 0.1) is 7.11 Å². The van der Waals surface area contributed by atoms with E-state index < -0.39 is 10.8 Å². The highest BCUT2D eigenvalue weighted by molar-refractivity contribution is 14.0. The second-order valence-electron chi connectivity index (χ2n) is 7.32. The molecule has 4 atom stereocenters. The van der Waals surface area contributed by atoms with Gasteiger partial charge in [-0.25, -0.2) is 0 Å². The molecule has 166 valence electrons. The van der Waals surface area contributed by atoms with E-state index in [0.29, 0.717) is 17.2 Å². The molecule has 0 aliphatic heterocycles. The molecule has 0 spiro atoms. The van der Waals surface area contributed by atoms with Gasteiger partial charge in [0.15, 0.2) is 5.96 Å². The lowest BCUT2D eigenvalue weighted by atomic mass is 9.95. The Kier molecular flexibility index (Phi) is 13.3. The molecule has 0 amide bonds. The van der Waals surface area contributed by atoms with E-state index in [4.69, 9.17) is 4.74 Å². The quantitative estimate of drug-likeness (QED) is 0.207. The summed E-state index contributed by atoms with van der Waals surface area (Å²) >= 11 is 1.82. The highest BCUT2D eigenvalue weighted by atomic mass is 127. The molecule has 29 heavy (non-hydrogen) atoms. The van der Waals surface area contributed by atoms with Crippen molar-refractivity contribution in [1.29, 1.82) is 0 Å². The second-order valence-corrected chi connectivity index (χ2v) is 10.4. The fourth-order valence-corrected chi connectivity index (χ4v) is 5.84. The number of nitrogens with zero attached hydrogens (tertiary/aromatic N) is 1. The lowest BCUT2D eigenvalue weighted by molar-refractivity contribution is 0.404. The fraction of sp³-hybridized carbons (Fsp3) is 0.667. The van der Waals surface area contributed by atoms with E-state index in [2.05, 4.69) is 28.6 Å². The van der Waals surface area contributed by atoms with E-state index in [9.17, 15) is 4.21 Å². The van der Waals surface area contributed by atoms with Crippen molar-refractivity contribution in [2.24, 2.45) is 10.9 Å². The number of hydrogen-bond acceptors (Lipinski definition) is 4. The van der Waals surface area contributed by atoms with Gasteiger partial charge in [0.2, 0.25) is 0 Å². The van der Waals surface area contributed by atoms with Crippen LogP contribution in [0.5, 0.6) is 5.75 Å². The van der Waals surface area contributed by atoms with Crippen LogP contribution in [-0.4, -0.2) is 53.7 Å².